The fourth-order valence-electron chi connectivity index (χ4n) is 2.90. The van der Waals surface area contributed by atoms with Crippen LogP contribution in [0.15, 0.2) is 61.2 Å². The summed E-state index contributed by atoms with van der Waals surface area (Å²) in [6, 6.07) is 11.2. The summed E-state index contributed by atoms with van der Waals surface area (Å²) >= 11 is 0. The number of nitrogens with one attached hydrogen (secondary N) is 1. The molecule has 4 aromatic heterocycles. The van der Waals surface area contributed by atoms with Crippen LogP contribution >= 0.6 is 0 Å². The quantitative estimate of drug-likeness (QED) is 0.581. The molecule has 4 aromatic rings. The molecule has 0 fully saturated rings. The van der Waals surface area contributed by atoms with Crippen LogP contribution in [-0.4, -0.2) is 35.4 Å². The summed E-state index contributed by atoms with van der Waals surface area (Å²) in [7, 11) is 0. The second-order valence-electron chi connectivity index (χ2n) is 6.43. The van der Waals surface area contributed by atoms with Gasteiger partial charge in [0.25, 0.3) is 0 Å². The molecule has 0 saturated carbocycles. The molecule has 0 aliphatic heterocycles. The lowest BCUT2D eigenvalue weighted by Crippen LogP contribution is -2.21. The van der Waals surface area contributed by atoms with E-state index in [2.05, 4.69) is 25.5 Å². The number of hydrogen-bond donors (Lipinski definition) is 1. The molecule has 4 heterocycles. The topological polar surface area (TPSA) is 90.5 Å². The van der Waals surface area contributed by atoms with Crippen molar-refractivity contribution >= 4 is 11.7 Å². The predicted octanol–water partition coefficient (Wildman–Crippen LogP) is 2.78. The highest BCUT2D eigenvalue weighted by Crippen LogP contribution is 2.19. The molecule has 28 heavy (non-hydrogen) atoms. The first-order chi connectivity index (χ1) is 13.6. The van der Waals surface area contributed by atoms with E-state index in [1.165, 1.54) is 0 Å². The molecule has 0 bridgehead atoms. The normalized spacial score (nSPS) is 10.8. The highest BCUT2D eigenvalue weighted by Gasteiger charge is 2.13. The zero-order chi connectivity index (χ0) is 19.5. The molecule has 4 rings (SSSR count). The van der Waals surface area contributed by atoms with Gasteiger partial charge < -0.3 is 5.32 Å². The molecule has 0 radical (unpaired) electrons. The van der Waals surface area contributed by atoms with Gasteiger partial charge in [0, 0.05) is 35.9 Å². The Labute approximate surface area is 161 Å². The Morgan fingerprint density at radius 3 is 2.71 bits per heavy atom. The van der Waals surface area contributed by atoms with E-state index in [-0.39, 0.29) is 12.5 Å². The highest BCUT2D eigenvalue weighted by atomic mass is 16.2. The van der Waals surface area contributed by atoms with Gasteiger partial charge in [0.1, 0.15) is 12.4 Å². The maximum atomic E-state index is 12.5. The largest absolute Gasteiger partial charge is 0.309 e. The lowest BCUT2D eigenvalue weighted by Gasteiger charge is -2.08. The molecular formula is C20H19N7O. The Hall–Kier alpha value is -3.81. The SMILES string of the molecule is Cc1cc(-c2cnn(CC(=O)Nc3cc(C)nn3-c3ccccn3)c2)ccn1. The van der Waals surface area contributed by atoms with Crippen molar-refractivity contribution in [3.8, 4) is 16.9 Å². The maximum absolute atomic E-state index is 12.5. The van der Waals surface area contributed by atoms with E-state index in [1.54, 1.807) is 34.0 Å². The third kappa shape index (κ3) is 3.80. The van der Waals surface area contributed by atoms with E-state index in [0.29, 0.717) is 11.6 Å². The summed E-state index contributed by atoms with van der Waals surface area (Å²) in [6.07, 6.45) is 7.03. The number of carbonyl (C=O) groups is 1. The number of amides is 1. The zero-order valence-electron chi connectivity index (χ0n) is 15.6. The van der Waals surface area contributed by atoms with Crippen molar-refractivity contribution in [1.82, 2.24) is 29.5 Å². The number of anilines is 1. The Bertz CT molecular complexity index is 1110. The Morgan fingerprint density at radius 2 is 1.93 bits per heavy atom. The van der Waals surface area contributed by atoms with E-state index >= 15 is 0 Å². The first-order valence-electron chi connectivity index (χ1n) is 8.82. The number of carbonyl (C=O) groups excluding carboxylic acids is 1. The monoisotopic (exact) mass is 373 g/mol. The summed E-state index contributed by atoms with van der Waals surface area (Å²) in [5.74, 6) is 1.01. The first-order valence-corrected chi connectivity index (χ1v) is 8.82. The lowest BCUT2D eigenvalue weighted by molar-refractivity contribution is -0.116. The Morgan fingerprint density at radius 1 is 1.04 bits per heavy atom. The predicted molar refractivity (Wildman–Crippen MR) is 105 cm³/mol. The standard InChI is InChI=1S/C20H19N7O/c1-14-9-16(6-8-21-14)17-11-23-26(12-17)13-20(28)24-19-10-15(2)25-27(19)18-5-3-4-7-22-18/h3-12H,13H2,1-2H3,(H,24,28). The molecule has 0 spiro atoms. The molecule has 8 heteroatoms. The van der Waals surface area contributed by atoms with Gasteiger partial charge in [-0.2, -0.15) is 14.9 Å². The average molecular weight is 373 g/mol. The van der Waals surface area contributed by atoms with Crippen molar-refractivity contribution in [3.63, 3.8) is 0 Å². The average Bonchev–Trinajstić information content (AvgIpc) is 3.29. The van der Waals surface area contributed by atoms with Gasteiger partial charge >= 0.3 is 0 Å². The summed E-state index contributed by atoms with van der Waals surface area (Å²) in [4.78, 5) is 21.0. The minimum absolute atomic E-state index is 0.0938. The van der Waals surface area contributed by atoms with E-state index in [1.807, 2.05) is 50.4 Å². The number of rotatable bonds is 5. The van der Waals surface area contributed by atoms with Gasteiger partial charge in [0.05, 0.1) is 11.9 Å². The van der Waals surface area contributed by atoms with Crippen molar-refractivity contribution in [2.75, 3.05) is 5.32 Å². The summed E-state index contributed by atoms with van der Waals surface area (Å²) in [5, 5.41) is 11.6. The van der Waals surface area contributed by atoms with Crippen molar-refractivity contribution in [3.05, 3.63) is 72.6 Å². The van der Waals surface area contributed by atoms with E-state index in [0.717, 1.165) is 22.5 Å². The zero-order valence-corrected chi connectivity index (χ0v) is 15.6. The summed E-state index contributed by atoms with van der Waals surface area (Å²) in [6.45, 7) is 3.90. The van der Waals surface area contributed by atoms with Crippen LogP contribution in [0.4, 0.5) is 5.82 Å². The number of aryl methyl sites for hydroxylation is 2. The van der Waals surface area contributed by atoms with Gasteiger partial charge in [0.2, 0.25) is 5.91 Å². The van der Waals surface area contributed by atoms with Crippen molar-refractivity contribution < 1.29 is 4.79 Å². The second kappa shape index (κ2) is 7.43. The van der Waals surface area contributed by atoms with Gasteiger partial charge in [-0.05, 0) is 43.7 Å². The molecule has 1 N–H and O–H groups in total. The molecule has 0 aliphatic carbocycles. The molecule has 0 atom stereocenters. The number of hydrogen-bond acceptors (Lipinski definition) is 5. The first kappa shape index (κ1) is 17.6. The molecule has 0 aliphatic rings. The summed E-state index contributed by atoms with van der Waals surface area (Å²) in [5.41, 5.74) is 3.67. The van der Waals surface area contributed by atoms with Crippen molar-refractivity contribution in [2.45, 2.75) is 20.4 Å². The van der Waals surface area contributed by atoms with Gasteiger partial charge in [-0.15, -0.1) is 0 Å². The lowest BCUT2D eigenvalue weighted by atomic mass is 10.1. The summed E-state index contributed by atoms with van der Waals surface area (Å²) < 4.78 is 3.22. The highest BCUT2D eigenvalue weighted by molar-refractivity contribution is 5.90. The van der Waals surface area contributed by atoms with E-state index < -0.39 is 0 Å². The van der Waals surface area contributed by atoms with Gasteiger partial charge in [0.15, 0.2) is 5.82 Å². The van der Waals surface area contributed by atoms with Gasteiger partial charge in [-0.3, -0.25) is 14.5 Å². The molecule has 0 saturated heterocycles. The molecule has 8 nitrogen and oxygen atoms in total. The van der Waals surface area contributed by atoms with Crippen LogP contribution in [0.2, 0.25) is 0 Å². The van der Waals surface area contributed by atoms with Crippen LogP contribution in [0.1, 0.15) is 11.4 Å². The Balaban J connectivity index is 1.49. The van der Waals surface area contributed by atoms with Crippen LogP contribution in [-0.2, 0) is 11.3 Å². The van der Waals surface area contributed by atoms with Crippen LogP contribution in [0.5, 0.6) is 0 Å². The Kier molecular flexibility index (Phi) is 4.67. The molecule has 1 amide bonds. The van der Waals surface area contributed by atoms with Crippen LogP contribution < -0.4 is 5.32 Å². The van der Waals surface area contributed by atoms with E-state index in [9.17, 15) is 4.79 Å². The second-order valence-corrected chi connectivity index (χ2v) is 6.43. The minimum Gasteiger partial charge on any atom is -0.309 e. The minimum atomic E-state index is -0.197. The molecule has 0 aromatic carbocycles. The maximum Gasteiger partial charge on any atom is 0.247 e. The smallest absolute Gasteiger partial charge is 0.247 e. The fourth-order valence-corrected chi connectivity index (χ4v) is 2.90. The molecule has 0 unspecified atom stereocenters. The van der Waals surface area contributed by atoms with E-state index in [4.69, 9.17) is 0 Å². The third-order valence-corrected chi connectivity index (χ3v) is 4.13. The van der Waals surface area contributed by atoms with Crippen molar-refractivity contribution in [2.24, 2.45) is 0 Å². The van der Waals surface area contributed by atoms with Gasteiger partial charge in [-0.1, -0.05) is 6.07 Å². The molecule has 140 valence electrons. The van der Waals surface area contributed by atoms with Crippen LogP contribution in [0.25, 0.3) is 16.9 Å². The van der Waals surface area contributed by atoms with Crippen molar-refractivity contribution in [1.29, 1.82) is 0 Å². The fraction of sp³-hybridized carbons (Fsp3) is 0.150. The number of nitrogens with zero attached hydrogens (tertiary/aromatic N) is 6. The van der Waals surface area contributed by atoms with Gasteiger partial charge in [-0.25, -0.2) is 4.98 Å². The molecular weight excluding hydrogens is 354 g/mol. The third-order valence-electron chi connectivity index (χ3n) is 4.13. The number of aromatic nitrogens is 6. The number of pyridine rings is 2. The van der Waals surface area contributed by atoms with Crippen LogP contribution in [0, 0.1) is 13.8 Å². The van der Waals surface area contributed by atoms with Crippen LogP contribution in [0.3, 0.4) is 0 Å².